The van der Waals surface area contributed by atoms with E-state index in [1.807, 2.05) is 12.1 Å². The predicted molar refractivity (Wildman–Crippen MR) is 145 cm³/mol. The number of hydrogen-bond acceptors (Lipinski definition) is 6. The van der Waals surface area contributed by atoms with Gasteiger partial charge in [-0.05, 0) is 60.6 Å². The predicted octanol–water partition coefficient (Wildman–Crippen LogP) is 2.73. The number of piperidine rings is 1. The molecule has 3 aliphatic rings. The summed E-state index contributed by atoms with van der Waals surface area (Å²) in [5, 5.41) is 11.9. The normalized spacial score (nSPS) is 18.6. The van der Waals surface area contributed by atoms with E-state index in [9.17, 15) is 19.2 Å². The quantitative estimate of drug-likeness (QED) is 0.250. The number of anilines is 1. The Morgan fingerprint density at radius 1 is 1.08 bits per heavy atom. The molecule has 0 spiro atoms. The number of nitrogens with zero attached hydrogens (tertiary/aromatic N) is 1. The summed E-state index contributed by atoms with van der Waals surface area (Å²) in [6, 6.07) is 10.4. The number of fused-ring (bicyclic) bond motifs is 1. The van der Waals surface area contributed by atoms with Gasteiger partial charge in [0.25, 0.3) is 5.91 Å². The summed E-state index contributed by atoms with van der Waals surface area (Å²) < 4.78 is 5.67. The Kier molecular flexibility index (Phi) is 8.44. The molecule has 4 N–H and O–H groups in total. The van der Waals surface area contributed by atoms with Gasteiger partial charge in [-0.3, -0.25) is 19.7 Å². The second-order valence-corrected chi connectivity index (χ2v) is 10.5. The zero-order valence-electron chi connectivity index (χ0n) is 21.6. The molecule has 206 valence electrons. The number of nitrogens with one attached hydrogen (secondary N) is 4. The first kappa shape index (κ1) is 27.1. The fourth-order valence-corrected chi connectivity index (χ4v) is 5.11. The summed E-state index contributed by atoms with van der Waals surface area (Å²) in [5.41, 5.74) is 3.67. The van der Waals surface area contributed by atoms with Crippen LogP contribution in [0.3, 0.4) is 0 Å². The van der Waals surface area contributed by atoms with E-state index in [0.717, 1.165) is 23.2 Å². The SMILES string of the molecule is O=C1CCC(N2Cc3cc(CNC(=O)Nc4ccc(CCOCCNC5CC5)c(Cl)c4)ccc3C2=O)C(=O)N1. The van der Waals surface area contributed by atoms with Crippen LogP contribution in [-0.4, -0.2) is 60.5 Å². The number of rotatable bonds is 11. The largest absolute Gasteiger partial charge is 0.380 e. The summed E-state index contributed by atoms with van der Waals surface area (Å²) in [7, 11) is 0. The molecule has 1 atom stereocenters. The minimum Gasteiger partial charge on any atom is -0.380 e. The van der Waals surface area contributed by atoms with Crippen LogP contribution in [0.5, 0.6) is 0 Å². The van der Waals surface area contributed by atoms with Crippen molar-refractivity contribution < 1.29 is 23.9 Å². The summed E-state index contributed by atoms with van der Waals surface area (Å²) in [4.78, 5) is 50.5. The lowest BCUT2D eigenvalue weighted by molar-refractivity contribution is -0.136. The maximum Gasteiger partial charge on any atom is 0.319 e. The van der Waals surface area contributed by atoms with Crippen molar-refractivity contribution >= 4 is 41.0 Å². The van der Waals surface area contributed by atoms with Gasteiger partial charge in [0.1, 0.15) is 6.04 Å². The number of carbonyl (C=O) groups excluding carboxylic acids is 4. The van der Waals surface area contributed by atoms with Crippen LogP contribution in [0.2, 0.25) is 5.02 Å². The summed E-state index contributed by atoms with van der Waals surface area (Å²) in [5.74, 6) is -0.985. The van der Waals surface area contributed by atoms with Gasteiger partial charge in [0.15, 0.2) is 0 Å². The van der Waals surface area contributed by atoms with Gasteiger partial charge in [0, 0.05) is 48.4 Å². The van der Waals surface area contributed by atoms with Gasteiger partial charge in [0.2, 0.25) is 11.8 Å². The average molecular weight is 554 g/mol. The lowest BCUT2D eigenvalue weighted by Gasteiger charge is -2.29. The number of halogens is 1. The number of carbonyl (C=O) groups is 4. The van der Waals surface area contributed by atoms with Crippen LogP contribution in [0.4, 0.5) is 10.5 Å². The topological polar surface area (TPSA) is 129 Å². The molecular formula is C28H32ClN5O5. The Labute approximate surface area is 231 Å². The van der Waals surface area contributed by atoms with Crippen molar-refractivity contribution in [3.05, 3.63) is 63.7 Å². The van der Waals surface area contributed by atoms with Crippen LogP contribution >= 0.6 is 11.6 Å². The van der Waals surface area contributed by atoms with E-state index in [1.165, 1.54) is 17.7 Å². The Bertz CT molecular complexity index is 1280. The van der Waals surface area contributed by atoms with Gasteiger partial charge in [0.05, 0.1) is 13.2 Å². The molecule has 11 heteroatoms. The molecule has 2 aromatic rings. The number of hydrogen-bond donors (Lipinski definition) is 4. The van der Waals surface area contributed by atoms with Crippen molar-refractivity contribution in [2.24, 2.45) is 0 Å². The van der Waals surface area contributed by atoms with E-state index in [0.29, 0.717) is 48.4 Å². The molecular weight excluding hydrogens is 522 g/mol. The summed E-state index contributed by atoms with van der Waals surface area (Å²) in [6.45, 7) is 2.66. The first-order chi connectivity index (χ1) is 18.9. The Morgan fingerprint density at radius 2 is 1.92 bits per heavy atom. The molecule has 2 heterocycles. The third-order valence-corrected chi connectivity index (χ3v) is 7.48. The molecule has 2 fully saturated rings. The van der Waals surface area contributed by atoms with Crippen LogP contribution in [0.25, 0.3) is 0 Å². The van der Waals surface area contributed by atoms with Crippen molar-refractivity contribution in [3.63, 3.8) is 0 Å². The van der Waals surface area contributed by atoms with Gasteiger partial charge >= 0.3 is 6.03 Å². The van der Waals surface area contributed by atoms with Crippen LogP contribution < -0.4 is 21.3 Å². The first-order valence-electron chi connectivity index (χ1n) is 13.3. The lowest BCUT2D eigenvalue weighted by Crippen LogP contribution is -2.52. The average Bonchev–Trinajstić information content (AvgIpc) is 3.68. The van der Waals surface area contributed by atoms with Crippen molar-refractivity contribution in [2.75, 3.05) is 25.1 Å². The van der Waals surface area contributed by atoms with E-state index >= 15 is 0 Å². The molecule has 5 rings (SSSR count). The maximum absolute atomic E-state index is 12.8. The highest BCUT2D eigenvalue weighted by molar-refractivity contribution is 6.31. The lowest BCUT2D eigenvalue weighted by atomic mass is 10.0. The molecule has 2 aromatic carbocycles. The highest BCUT2D eigenvalue weighted by Crippen LogP contribution is 2.28. The maximum atomic E-state index is 12.8. The number of ether oxygens (including phenoxy) is 1. The smallest absolute Gasteiger partial charge is 0.319 e. The number of benzene rings is 2. The zero-order valence-corrected chi connectivity index (χ0v) is 22.3. The molecule has 0 bridgehead atoms. The molecule has 1 aliphatic carbocycles. The van der Waals surface area contributed by atoms with Gasteiger partial charge in [-0.1, -0.05) is 29.8 Å². The standard InChI is InChI=1S/C28H32ClN5O5/c29-23-14-21(3-2-18(23)9-11-39-12-10-30-20-4-5-20)32-28(38)31-15-17-1-6-22-19(13-17)16-34(27(22)37)24-7-8-25(35)33-26(24)36/h1-3,6,13-14,20,24,30H,4-5,7-12,15-16H2,(H2,31,32,38)(H,33,35,36). The van der Waals surface area contributed by atoms with E-state index in [-0.39, 0.29) is 37.4 Å². The van der Waals surface area contributed by atoms with Gasteiger partial charge < -0.3 is 25.6 Å². The Balaban J connectivity index is 1.07. The second kappa shape index (κ2) is 12.1. The minimum atomic E-state index is -0.657. The zero-order chi connectivity index (χ0) is 27.4. The summed E-state index contributed by atoms with van der Waals surface area (Å²) in [6.07, 6.45) is 3.74. The third-order valence-electron chi connectivity index (χ3n) is 7.12. The minimum absolute atomic E-state index is 0.210. The second-order valence-electron chi connectivity index (χ2n) is 10.1. The molecule has 10 nitrogen and oxygen atoms in total. The highest BCUT2D eigenvalue weighted by Gasteiger charge is 2.39. The Morgan fingerprint density at radius 3 is 2.69 bits per heavy atom. The monoisotopic (exact) mass is 553 g/mol. The number of urea groups is 1. The molecule has 1 unspecified atom stereocenters. The van der Waals surface area contributed by atoms with Crippen LogP contribution in [0, 0.1) is 0 Å². The molecule has 0 radical (unpaired) electrons. The van der Waals surface area contributed by atoms with Crippen LogP contribution in [-0.2, 0) is 33.8 Å². The number of amides is 5. The van der Waals surface area contributed by atoms with E-state index in [1.54, 1.807) is 24.3 Å². The van der Waals surface area contributed by atoms with Crippen molar-refractivity contribution in [2.45, 2.75) is 57.3 Å². The fraction of sp³-hybridized carbons (Fsp3) is 0.429. The Hall–Kier alpha value is -3.47. The van der Waals surface area contributed by atoms with E-state index in [4.69, 9.17) is 16.3 Å². The van der Waals surface area contributed by atoms with Gasteiger partial charge in [-0.25, -0.2) is 4.79 Å². The molecule has 2 aliphatic heterocycles. The third kappa shape index (κ3) is 6.95. The van der Waals surface area contributed by atoms with E-state index < -0.39 is 11.9 Å². The van der Waals surface area contributed by atoms with Gasteiger partial charge in [-0.15, -0.1) is 0 Å². The molecule has 5 amide bonds. The molecule has 39 heavy (non-hydrogen) atoms. The van der Waals surface area contributed by atoms with Gasteiger partial charge in [-0.2, -0.15) is 0 Å². The first-order valence-corrected chi connectivity index (χ1v) is 13.7. The van der Waals surface area contributed by atoms with Crippen molar-refractivity contribution in [1.82, 2.24) is 20.9 Å². The molecule has 0 aromatic heterocycles. The number of imide groups is 1. The molecule has 1 saturated carbocycles. The van der Waals surface area contributed by atoms with Crippen molar-refractivity contribution in [3.8, 4) is 0 Å². The van der Waals surface area contributed by atoms with Crippen LogP contribution in [0.1, 0.15) is 52.7 Å². The highest BCUT2D eigenvalue weighted by atomic mass is 35.5. The van der Waals surface area contributed by atoms with Crippen LogP contribution in [0.15, 0.2) is 36.4 Å². The fourth-order valence-electron chi connectivity index (χ4n) is 4.83. The van der Waals surface area contributed by atoms with Crippen molar-refractivity contribution in [1.29, 1.82) is 0 Å². The molecule has 1 saturated heterocycles. The summed E-state index contributed by atoms with van der Waals surface area (Å²) >= 11 is 6.41. The van der Waals surface area contributed by atoms with E-state index in [2.05, 4.69) is 21.3 Å².